The number of nitrogens with one attached hydrogen (secondary N) is 2. The van der Waals surface area contributed by atoms with Crippen LogP contribution in [0.25, 0.3) is 0 Å². The van der Waals surface area contributed by atoms with Crippen LogP contribution in [0, 0.1) is 11.3 Å². The van der Waals surface area contributed by atoms with Gasteiger partial charge in [0.05, 0.1) is 11.6 Å². The first-order chi connectivity index (χ1) is 18.1. The Morgan fingerprint density at radius 3 is 2.55 bits per heavy atom. The van der Waals surface area contributed by atoms with Gasteiger partial charge in [-0.15, -0.1) is 0 Å². The number of fused-ring (bicyclic) bond motifs is 4. The molecule has 3 aromatic carbocycles. The Kier molecular flexibility index (Phi) is 7.76. The zero-order chi connectivity index (χ0) is 27.4. The molecule has 4 rings (SSSR count). The van der Waals surface area contributed by atoms with E-state index < -0.39 is 18.6 Å². The molecule has 4 bridgehead atoms. The molecule has 1 aliphatic rings. The molecule has 196 valence electrons. The Labute approximate surface area is 218 Å². The first-order valence-corrected chi connectivity index (χ1v) is 11.9. The number of benzene rings is 3. The van der Waals surface area contributed by atoms with E-state index in [1.165, 1.54) is 36.2 Å². The minimum Gasteiger partial charge on any atom is -0.508 e. The van der Waals surface area contributed by atoms with Crippen LogP contribution in [0.1, 0.15) is 47.6 Å². The van der Waals surface area contributed by atoms with Gasteiger partial charge in [0, 0.05) is 37.0 Å². The molecular formula is C28H26F2N4O4. The maximum Gasteiger partial charge on any atom is 0.387 e. The van der Waals surface area contributed by atoms with Crippen molar-refractivity contribution in [2.45, 2.75) is 38.5 Å². The maximum absolute atomic E-state index is 13.8. The molecular weight excluding hydrogens is 494 g/mol. The number of nitriles is 1. The molecule has 0 saturated heterocycles. The third-order valence-electron chi connectivity index (χ3n) is 6.32. The van der Waals surface area contributed by atoms with E-state index in [-0.39, 0.29) is 41.8 Å². The van der Waals surface area contributed by atoms with Crippen LogP contribution in [-0.4, -0.2) is 35.5 Å². The smallest absolute Gasteiger partial charge is 0.387 e. The van der Waals surface area contributed by atoms with Crippen LogP contribution in [0.15, 0.2) is 60.7 Å². The average Bonchev–Trinajstić information content (AvgIpc) is 2.88. The number of carbonyl (C=O) groups excluding carboxylic acids is 2. The van der Waals surface area contributed by atoms with Crippen molar-refractivity contribution < 1.29 is 28.2 Å². The summed E-state index contributed by atoms with van der Waals surface area (Å²) in [4.78, 5) is 27.9. The van der Waals surface area contributed by atoms with Gasteiger partial charge >= 0.3 is 6.61 Å². The third-order valence-corrected chi connectivity index (χ3v) is 6.32. The molecule has 0 aliphatic carbocycles. The number of likely N-dealkylation sites (N-methyl/N-ethyl adjacent to an activating group) is 1. The Bertz CT molecular complexity index is 1390. The molecule has 10 heteroatoms. The Morgan fingerprint density at radius 1 is 1.13 bits per heavy atom. The van der Waals surface area contributed by atoms with Gasteiger partial charge in [-0.1, -0.05) is 13.0 Å². The van der Waals surface area contributed by atoms with Gasteiger partial charge in [-0.2, -0.15) is 14.0 Å². The fourth-order valence-corrected chi connectivity index (χ4v) is 4.39. The highest BCUT2D eigenvalue weighted by Crippen LogP contribution is 2.34. The van der Waals surface area contributed by atoms with E-state index in [9.17, 15) is 23.5 Å². The highest BCUT2D eigenvalue weighted by atomic mass is 19.3. The van der Waals surface area contributed by atoms with Crippen LogP contribution >= 0.6 is 0 Å². The van der Waals surface area contributed by atoms with Crippen molar-refractivity contribution >= 4 is 23.2 Å². The van der Waals surface area contributed by atoms with E-state index in [1.807, 2.05) is 6.07 Å². The molecule has 8 nitrogen and oxygen atoms in total. The van der Waals surface area contributed by atoms with E-state index in [0.717, 1.165) is 0 Å². The summed E-state index contributed by atoms with van der Waals surface area (Å²) in [6, 6.07) is 16.7. The molecule has 2 unspecified atom stereocenters. The van der Waals surface area contributed by atoms with Crippen molar-refractivity contribution in [2.24, 2.45) is 0 Å². The monoisotopic (exact) mass is 520 g/mol. The van der Waals surface area contributed by atoms with E-state index >= 15 is 0 Å². The predicted molar refractivity (Wildman–Crippen MR) is 137 cm³/mol. The SMILES string of the molecule is CC1CC(=O)Nc2ccc(OC(F)F)c(c2)CN(C)C(=O)C(Nc2ccc(C#N)cc2)c2ccc(O)c1c2. The minimum atomic E-state index is -3.07. The number of nitrogens with zero attached hydrogens (tertiary/aromatic N) is 2. The average molecular weight is 521 g/mol. The summed E-state index contributed by atoms with van der Waals surface area (Å²) >= 11 is 0. The molecule has 3 aromatic rings. The zero-order valence-electron chi connectivity index (χ0n) is 20.7. The second-order valence-corrected chi connectivity index (χ2v) is 9.13. The van der Waals surface area contributed by atoms with Crippen LogP contribution in [0.3, 0.4) is 0 Å². The molecule has 2 amide bonds. The highest BCUT2D eigenvalue weighted by Gasteiger charge is 2.27. The third kappa shape index (κ3) is 6.00. The van der Waals surface area contributed by atoms with Gasteiger partial charge < -0.3 is 25.4 Å². The largest absolute Gasteiger partial charge is 0.508 e. The normalized spacial score (nSPS) is 17.8. The van der Waals surface area contributed by atoms with Gasteiger partial charge in [0.1, 0.15) is 17.5 Å². The van der Waals surface area contributed by atoms with Gasteiger partial charge in [-0.25, -0.2) is 0 Å². The molecule has 38 heavy (non-hydrogen) atoms. The number of rotatable bonds is 4. The highest BCUT2D eigenvalue weighted by molar-refractivity contribution is 5.92. The van der Waals surface area contributed by atoms with Crippen LogP contribution in [0.5, 0.6) is 11.5 Å². The van der Waals surface area contributed by atoms with Crippen LogP contribution in [0.2, 0.25) is 0 Å². The van der Waals surface area contributed by atoms with Gasteiger partial charge in [0.25, 0.3) is 0 Å². The molecule has 1 aliphatic heterocycles. The van der Waals surface area contributed by atoms with Gasteiger partial charge in [0.2, 0.25) is 11.8 Å². The second-order valence-electron chi connectivity index (χ2n) is 9.13. The Balaban J connectivity index is 1.79. The van der Waals surface area contributed by atoms with Crippen molar-refractivity contribution in [3.05, 3.63) is 82.9 Å². The van der Waals surface area contributed by atoms with Gasteiger partial charge in [-0.3, -0.25) is 9.59 Å². The Hall–Kier alpha value is -4.65. The maximum atomic E-state index is 13.8. The van der Waals surface area contributed by atoms with E-state index in [1.54, 1.807) is 43.3 Å². The lowest BCUT2D eigenvalue weighted by Crippen LogP contribution is -2.35. The number of hydrogen-bond donors (Lipinski definition) is 3. The molecule has 0 saturated carbocycles. The number of phenols is 1. The lowest BCUT2D eigenvalue weighted by molar-refractivity contribution is -0.131. The number of carbonyl (C=O) groups is 2. The van der Waals surface area contributed by atoms with Crippen molar-refractivity contribution in [3.63, 3.8) is 0 Å². The summed E-state index contributed by atoms with van der Waals surface area (Å²) in [5.74, 6) is -1.23. The molecule has 0 radical (unpaired) electrons. The number of halogens is 2. The molecule has 1 heterocycles. The molecule has 0 aromatic heterocycles. The minimum absolute atomic E-state index is 0.00476. The summed E-state index contributed by atoms with van der Waals surface area (Å²) in [7, 11) is 1.53. The first kappa shape index (κ1) is 26.4. The number of anilines is 2. The molecule has 0 spiro atoms. The van der Waals surface area contributed by atoms with Gasteiger partial charge in [-0.05, 0) is 71.6 Å². The van der Waals surface area contributed by atoms with Crippen LogP contribution in [0.4, 0.5) is 20.2 Å². The standard InChI is InChI=1S/C28H26F2N4O4/c1-16-11-25(36)32-21-8-10-24(38-28(29)30)19(12-21)15-34(2)27(37)26(18-5-9-23(35)22(16)13-18)33-20-6-3-17(14-31)4-7-20/h3-10,12-13,16,26,28,33,35H,11,15H2,1-2H3,(H,32,36). The first-order valence-electron chi connectivity index (χ1n) is 11.9. The van der Waals surface area contributed by atoms with Crippen LogP contribution in [-0.2, 0) is 16.1 Å². The van der Waals surface area contributed by atoms with Crippen molar-refractivity contribution in [2.75, 3.05) is 17.7 Å². The number of alkyl halides is 2. The van der Waals surface area contributed by atoms with E-state index in [2.05, 4.69) is 15.4 Å². The summed E-state index contributed by atoms with van der Waals surface area (Å²) in [6.45, 7) is -1.37. The molecule has 2 atom stereocenters. The fraction of sp³-hybridized carbons (Fsp3) is 0.250. The van der Waals surface area contributed by atoms with Crippen molar-refractivity contribution in [1.29, 1.82) is 5.26 Å². The molecule has 0 fully saturated rings. The topological polar surface area (TPSA) is 115 Å². The number of aromatic hydroxyl groups is 1. The number of ether oxygens (including phenoxy) is 1. The number of amides is 2. The Morgan fingerprint density at radius 2 is 1.87 bits per heavy atom. The lowest BCUT2D eigenvalue weighted by atomic mass is 9.92. The van der Waals surface area contributed by atoms with Gasteiger partial charge in [0.15, 0.2) is 0 Å². The fourth-order valence-electron chi connectivity index (χ4n) is 4.39. The number of hydrogen-bond acceptors (Lipinski definition) is 6. The summed E-state index contributed by atoms with van der Waals surface area (Å²) < 4.78 is 30.8. The lowest BCUT2D eigenvalue weighted by Gasteiger charge is -2.28. The molecule has 3 N–H and O–H groups in total. The second kappa shape index (κ2) is 11.2. The van der Waals surface area contributed by atoms with Crippen molar-refractivity contribution in [3.8, 4) is 17.6 Å². The summed E-state index contributed by atoms with van der Waals surface area (Å²) in [6.07, 6.45) is 0.0310. The number of phenolic OH excluding ortho intramolecular Hbond substituents is 1. The van der Waals surface area contributed by atoms with E-state index in [4.69, 9.17) is 5.26 Å². The zero-order valence-corrected chi connectivity index (χ0v) is 20.7. The quantitative estimate of drug-likeness (QED) is 0.440. The van der Waals surface area contributed by atoms with Crippen LogP contribution < -0.4 is 15.4 Å². The summed E-state index contributed by atoms with van der Waals surface area (Å²) in [5.41, 5.74) is 2.70. The summed E-state index contributed by atoms with van der Waals surface area (Å²) in [5, 5.41) is 25.6. The van der Waals surface area contributed by atoms with E-state index in [0.29, 0.717) is 28.1 Å². The van der Waals surface area contributed by atoms with Crippen molar-refractivity contribution in [1.82, 2.24) is 4.90 Å². The predicted octanol–water partition coefficient (Wildman–Crippen LogP) is 5.12.